The minimum atomic E-state index is -0.124. The molecule has 2 atom stereocenters. The Hall–Kier alpha value is -3.15. The zero-order valence-corrected chi connectivity index (χ0v) is 12.8. The van der Waals surface area contributed by atoms with Crippen molar-refractivity contribution in [2.24, 2.45) is 16.6 Å². The van der Waals surface area contributed by atoms with Gasteiger partial charge in [-0.15, -0.1) is 0 Å². The Labute approximate surface area is 138 Å². The molecule has 0 bridgehead atoms. The van der Waals surface area contributed by atoms with Gasteiger partial charge in [-0.1, -0.05) is 42.5 Å². The Bertz CT molecular complexity index is 884. The van der Waals surface area contributed by atoms with Gasteiger partial charge in [0.2, 0.25) is 11.9 Å². The van der Waals surface area contributed by atoms with Crippen molar-refractivity contribution in [2.45, 2.75) is 12.3 Å². The molecule has 0 radical (unpaired) electrons. The Morgan fingerprint density at radius 1 is 1.17 bits per heavy atom. The van der Waals surface area contributed by atoms with E-state index in [-0.39, 0.29) is 29.7 Å². The number of nitrogens with two attached hydrogens (primary N) is 1. The summed E-state index contributed by atoms with van der Waals surface area (Å²) in [6, 6.07) is 17.4. The fourth-order valence-corrected chi connectivity index (χ4v) is 2.81. The minimum absolute atomic E-state index is 0.00901. The molecule has 0 saturated heterocycles. The van der Waals surface area contributed by atoms with Crippen LogP contribution in [0.3, 0.4) is 0 Å². The number of rotatable bonds is 3. The molecule has 3 N–H and O–H groups in total. The predicted molar refractivity (Wildman–Crippen MR) is 90.7 cm³/mol. The number of aromatic nitrogens is 1. The molecular formula is C18H16N4O2. The number of para-hydroxylation sites is 2. The summed E-state index contributed by atoms with van der Waals surface area (Å²) < 4.78 is 5.46. The van der Waals surface area contributed by atoms with Crippen molar-refractivity contribution in [3.8, 4) is 0 Å². The van der Waals surface area contributed by atoms with Crippen molar-refractivity contribution < 1.29 is 9.21 Å². The molecule has 0 spiro atoms. The molecule has 1 aliphatic carbocycles. The lowest BCUT2D eigenvalue weighted by Gasteiger charge is -2.03. The molecule has 24 heavy (non-hydrogen) atoms. The van der Waals surface area contributed by atoms with Crippen molar-refractivity contribution in [2.75, 3.05) is 0 Å². The van der Waals surface area contributed by atoms with Crippen LogP contribution in [0.25, 0.3) is 11.1 Å². The van der Waals surface area contributed by atoms with Crippen LogP contribution in [0, 0.1) is 5.92 Å². The number of hydrogen-bond donors (Lipinski definition) is 2. The number of amides is 1. The number of benzene rings is 2. The number of hydrogen-bond acceptors (Lipinski definition) is 4. The summed E-state index contributed by atoms with van der Waals surface area (Å²) in [5.74, 6) is 0.0552. The summed E-state index contributed by atoms with van der Waals surface area (Å²) in [6.07, 6.45) is 0.825. The number of fused-ring (bicyclic) bond motifs is 1. The number of oxazole rings is 1. The van der Waals surface area contributed by atoms with Crippen LogP contribution in [-0.2, 0) is 4.79 Å². The van der Waals surface area contributed by atoms with Crippen LogP contribution in [0.1, 0.15) is 17.9 Å². The standard InChI is InChI=1S/C18H16N4O2/c19-17(22-18-20-14-8-4-5-9-15(14)24-18)21-16(23)13-10-12(13)11-6-2-1-3-7-11/h1-9,12-13H,10H2,(H3,19,20,21,22,23)/t12-,13+/m1/s1. The Kier molecular flexibility index (Phi) is 3.49. The normalized spacial score (nSPS) is 20.1. The summed E-state index contributed by atoms with van der Waals surface area (Å²) >= 11 is 0. The average Bonchev–Trinajstić information content (AvgIpc) is 3.29. The third-order valence-corrected chi connectivity index (χ3v) is 4.10. The van der Waals surface area contributed by atoms with E-state index in [1.807, 2.05) is 48.5 Å². The summed E-state index contributed by atoms with van der Waals surface area (Å²) in [6.45, 7) is 0. The first kappa shape index (κ1) is 14.4. The summed E-state index contributed by atoms with van der Waals surface area (Å²) in [7, 11) is 0. The summed E-state index contributed by atoms with van der Waals surface area (Å²) in [5, 5.41) is 2.62. The molecule has 4 rings (SSSR count). The van der Waals surface area contributed by atoms with Crippen molar-refractivity contribution in [1.82, 2.24) is 10.3 Å². The molecule has 120 valence electrons. The van der Waals surface area contributed by atoms with Crippen LogP contribution in [0.5, 0.6) is 0 Å². The summed E-state index contributed by atoms with van der Waals surface area (Å²) in [5.41, 5.74) is 8.29. The van der Waals surface area contributed by atoms with Crippen LogP contribution < -0.4 is 11.1 Å². The maximum atomic E-state index is 12.2. The number of nitrogens with zero attached hydrogens (tertiary/aromatic N) is 2. The van der Waals surface area contributed by atoms with Gasteiger partial charge in [0.05, 0.1) is 0 Å². The van der Waals surface area contributed by atoms with Crippen LogP contribution in [-0.4, -0.2) is 16.9 Å². The molecule has 3 aromatic rings. The Morgan fingerprint density at radius 3 is 2.71 bits per heavy atom. The van der Waals surface area contributed by atoms with E-state index in [9.17, 15) is 4.79 Å². The first-order valence-electron chi connectivity index (χ1n) is 7.76. The number of nitrogens with one attached hydrogen (secondary N) is 1. The van der Waals surface area contributed by atoms with Gasteiger partial charge in [0.15, 0.2) is 5.58 Å². The SMILES string of the molecule is NC(=Nc1nc2ccccc2o1)NC(=O)[C@H]1C[C@@H]1c1ccccc1. The molecule has 1 aromatic heterocycles. The zero-order valence-electron chi connectivity index (χ0n) is 12.8. The molecule has 0 aliphatic heterocycles. The molecule has 6 heteroatoms. The molecule has 1 fully saturated rings. The molecule has 0 unspecified atom stereocenters. The van der Waals surface area contributed by atoms with Gasteiger partial charge in [-0.3, -0.25) is 10.1 Å². The average molecular weight is 320 g/mol. The monoisotopic (exact) mass is 320 g/mol. The van der Waals surface area contributed by atoms with Crippen LogP contribution >= 0.6 is 0 Å². The molecule has 1 heterocycles. The van der Waals surface area contributed by atoms with Gasteiger partial charge < -0.3 is 10.2 Å². The van der Waals surface area contributed by atoms with Crippen molar-refractivity contribution in [3.63, 3.8) is 0 Å². The highest BCUT2D eigenvalue weighted by Crippen LogP contribution is 2.47. The lowest BCUT2D eigenvalue weighted by molar-refractivity contribution is -0.121. The first-order valence-corrected chi connectivity index (χ1v) is 7.76. The van der Waals surface area contributed by atoms with Gasteiger partial charge in [0.25, 0.3) is 0 Å². The van der Waals surface area contributed by atoms with Gasteiger partial charge in [0.1, 0.15) is 5.52 Å². The van der Waals surface area contributed by atoms with Gasteiger partial charge in [-0.05, 0) is 30.0 Å². The third-order valence-electron chi connectivity index (χ3n) is 4.10. The van der Waals surface area contributed by atoms with E-state index >= 15 is 0 Å². The smallest absolute Gasteiger partial charge is 0.325 e. The van der Waals surface area contributed by atoms with E-state index in [4.69, 9.17) is 10.2 Å². The quantitative estimate of drug-likeness (QED) is 0.573. The highest BCUT2D eigenvalue weighted by atomic mass is 16.4. The van der Waals surface area contributed by atoms with Crippen molar-refractivity contribution in [3.05, 3.63) is 60.2 Å². The second-order valence-corrected chi connectivity index (χ2v) is 5.81. The Balaban J connectivity index is 1.42. The largest absolute Gasteiger partial charge is 0.422 e. The minimum Gasteiger partial charge on any atom is -0.422 e. The molecule has 1 amide bonds. The van der Waals surface area contributed by atoms with Gasteiger partial charge >= 0.3 is 6.01 Å². The number of carbonyl (C=O) groups is 1. The lowest BCUT2D eigenvalue weighted by atomic mass is 10.1. The van der Waals surface area contributed by atoms with Gasteiger partial charge in [-0.2, -0.15) is 9.98 Å². The second kappa shape index (κ2) is 5.81. The van der Waals surface area contributed by atoms with E-state index < -0.39 is 0 Å². The van der Waals surface area contributed by atoms with Gasteiger partial charge in [0, 0.05) is 5.92 Å². The van der Waals surface area contributed by atoms with E-state index in [2.05, 4.69) is 15.3 Å². The third kappa shape index (κ3) is 2.86. The van der Waals surface area contributed by atoms with Crippen molar-refractivity contribution >= 4 is 29.0 Å². The topological polar surface area (TPSA) is 93.5 Å². The summed E-state index contributed by atoms with van der Waals surface area (Å²) in [4.78, 5) is 20.5. The van der Waals surface area contributed by atoms with E-state index in [1.165, 1.54) is 5.56 Å². The maximum Gasteiger partial charge on any atom is 0.325 e. The van der Waals surface area contributed by atoms with Crippen LogP contribution in [0.4, 0.5) is 6.01 Å². The van der Waals surface area contributed by atoms with Gasteiger partial charge in [-0.25, -0.2) is 0 Å². The van der Waals surface area contributed by atoms with Crippen molar-refractivity contribution in [1.29, 1.82) is 0 Å². The molecule has 2 aromatic carbocycles. The number of aliphatic imine (C=N–C) groups is 1. The molecule has 1 saturated carbocycles. The fraction of sp³-hybridized carbons (Fsp3) is 0.167. The molecule has 1 aliphatic rings. The highest BCUT2D eigenvalue weighted by molar-refractivity contribution is 5.99. The number of carbonyl (C=O) groups excluding carboxylic acids is 1. The first-order chi connectivity index (χ1) is 11.7. The Morgan fingerprint density at radius 2 is 1.92 bits per heavy atom. The zero-order chi connectivity index (χ0) is 16.5. The van der Waals surface area contributed by atoms with E-state index in [0.717, 1.165) is 6.42 Å². The predicted octanol–water partition coefficient (Wildman–Crippen LogP) is 2.69. The maximum absolute atomic E-state index is 12.2. The number of guanidine groups is 1. The molecular weight excluding hydrogens is 304 g/mol. The van der Waals surface area contributed by atoms with E-state index in [0.29, 0.717) is 11.1 Å². The fourth-order valence-electron chi connectivity index (χ4n) is 2.81. The van der Waals surface area contributed by atoms with Crippen LogP contribution in [0.15, 0.2) is 64.0 Å². The van der Waals surface area contributed by atoms with Crippen LogP contribution in [0.2, 0.25) is 0 Å². The van der Waals surface area contributed by atoms with E-state index in [1.54, 1.807) is 6.07 Å². The molecule has 6 nitrogen and oxygen atoms in total. The second-order valence-electron chi connectivity index (χ2n) is 5.81. The highest BCUT2D eigenvalue weighted by Gasteiger charge is 2.44. The lowest BCUT2D eigenvalue weighted by Crippen LogP contribution is -2.37.